The highest BCUT2D eigenvalue weighted by Crippen LogP contribution is 2.29. The largest absolute Gasteiger partial charge is 0.330 e. The van der Waals surface area contributed by atoms with Gasteiger partial charge in [0.1, 0.15) is 0 Å². The topological polar surface area (TPSA) is 47.1 Å². The molecule has 1 saturated heterocycles. The van der Waals surface area contributed by atoms with Gasteiger partial charge in [-0.2, -0.15) is 5.10 Å². The van der Waals surface area contributed by atoms with Crippen molar-refractivity contribution in [3.05, 3.63) is 18.0 Å². The Morgan fingerprint density at radius 2 is 2.06 bits per heavy atom. The smallest absolute Gasteiger partial charge is 0.0764 e. The normalized spacial score (nSPS) is 20.5. The molecular formula is C14H26N4. The predicted octanol–water partition coefficient (Wildman–Crippen LogP) is 2.02. The molecule has 0 aromatic carbocycles. The molecule has 0 atom stereocenters. The number of nitrogens with zero attached hydrogens (tertiary/aromatic N) is 3. The lowest BCUT2D eigenvalue weighted by Gasteiger charge is -2.38. The average molecular weight is 250 g/mol. The van der Waals surface area contributed by atoms with Crippen molar-refractivity contribution in [1.82, 2.24) is 14.7 Å². The molecule has 0 unspecified atom stereocenters. The van der Waals surface area contributed by atoms with Gasteiger partial charge in [-0.15, -0.1) is 0 Å². The Morgan fingerprint density at radius 3 is 2.56 bits per heavy atom. The molecule has 1 aromatic heterocycles. The van der Waals surface area contributed by atoms with E-state index in [-0.39, 0.29) is 0 Å². The highest BCUT2D eigenvalue weighted by molar-refractivity contribution is 5.00. The molecule has 0 bridgehead atoms. The zero-order valence-electron chi connectivity index (χ0n) is 11.9. The minimum atomic E-state index is 0.355. The van der Waals surface area contributed by atoms with Crippen LogP contribution in [0.25, 0.3) is 0 Å². The summed E-state index contributed by atoms with van der Waals surface area (Å²) in [6, 6.07) is 2.58. The van der Waals surface area contributed by atoms with Crippen molar-refractivity contribution in [2.45, 2.75) is 46.2 Å². The standard InChI is InChI=1S/C14H26N4/c1-12(2)18-7-4-13(16-18)10-17-8-5-14(3,11-15)6-9-17/h4,7,12H,5-6,8-11,15H2,1-3H3. The van der Waals surface area contributed by atoms with Crippen molar-refractivity contribution in [1.29, 1.82) is 0 Å². The minimum Gasteiger partial charge on any atom is -0.330 e. The van der Waals surface area contributed by atoms with Gasteiger partial charge in [-0.25, -0.2) is 0 Å². The van der Waals surface area contributed by atoms with Crippen LogP contribution < -0.4 is 5.73 Å². The maximum Gasteiger partial charge on any atom is 0.0764 e. The summed E-state index contributed by atoms with van der Waals surface area (Å²) in [7, 11) is 0. The second-order valence-electron chi connectivity index (χ2n) is 6.17. The number of hydrogen-bond acceptors (Lipinski definition) is 3. The van der Waals surface area contributed by atoms with E-state index >= 15 is 0 Å². The van der Waals surface area contributed by atoms with Gasteiger partial charge in [-0.1, -0.05) is 6.92 Å². The first-order valence-electron chi connectivity index (χ1n) is 6.99. The first-order chi connectivity index (χ1) is 8.52. The number of rotatable bonds is 4. The number of likely N-dealkylation sites (tertiary alicyclic amines) is 1. The summed E-state index contributed by atoms with van der Waals surface area (Å²) < 4.78 is 2.03. The van der Waals surface area contributed by atoms with E-state index < -0.39 is 0 Å². The fraction of sp³-hybridized carbons (Fsp3) is 0.786. The molecule has 2 rings (SSSR count). The van der Waals surface area contributed by atoms with Crippen molar-refractivity contribution in [2.75, 3.05) is 19.6 Å². The molecule has 18 heavy (non-hydrogen) atoms. The van der Waals surface area contributed by atoms with Gasteiger partial charge in [0.15, 0.2) is 0 Å². The first kappa shape index (κ1) is 13.6. The van der Waals surface area contributed by atoms with Gasteiger partial charge in [0.25, 0.3) is 0 Å². The Morgan fingerprint density at radius 1 is 1.39 bits per heavy atom. The third kappa shape index (κ3) is 3.12. The molecule has 102 valence electrons. The first-order valence-corrected chi connectivity index (χ1v) is 6.99. The van der Waals surface area contributed by atoms with Gasteiger partial charge < -0.3 is 5.73 Å². The Kier molecular flexibility index (Phi) is 4.07. The molecule has 0 saturated carbocycles. The fourth-order valence-corrected chi connectivity index (χ4v) is 2.43. The van der Waals surface area contributed by atoms with Crippen LogP contribution in [0.15, 0.2) is 12.3 Å². The van der Waals surface area contributed by atoms with E-state index in [1.165, 1.54) is 18.5 Å². The second-order valence-corrected chi connectivity index (χ2v) is 6.17. The van der Waals surface area contributed by atoms with E-state index in [0.717, 1.165) is 26.2 Å². The average Bonchev–Trinajstić information content (AvgIpc) is 2.81. The number of piperidine rings is 1. The number of nitrogens with two attached hydrogens (primary N) is 1. The van der Waals surface area contributed by atoms with E-state index in [4.69, 9.17) is 5.73 Å². The van der Waals surface area contributed by atoms with Gasteiger partial charge >= 0.3 is 0 Å². The molecule has 0 amide bonds. The highest BCUT2D eigenvalue weighted by Gasteiger charge is 2.28. The highest BCUT2D eigenvalue weighted by atomic mass is 15.3. The van der Waals surface area contributed by atoms with Crippen LogP contribution in [0, 0.1) is 5.41 Å². The quantitative estimate of drug-likeness (QED) is 0.889. The van der Waals surface area contributed by atoms with E-state index in [9.17, 15) is 0 Å². The van der Waals surface area contributed by atoms with Crippen LogP contribution in [0.4, 0.5) is 0 Å². The third-order valence-corrected chi connectivity index (χ3v) is 4.13. The van der Waals surface area contributed by atoms with Crippen LogP contribution in [-0.4, -0.2) is 34.3 Å². The van der Waals surface area contributed by atoms with Crippen molar-refractivity contribution in [3.63, 3.8) is 0 Å². The lowest BCUT2D eigenvalue weighted by atomic mass is 9.80. The molecule has 0 radical (unpaired) electrons. The molecule has 1 aliphatic heterocycles. The van der Waals surface area contributed by atoms with Crippen LogP contribution in [-0.2, 0) is 6.54 Å². The van der Waals surface area contributed by atoms with Crippen LogP contribution >= 0.6 is 0 Å². The molecule has 1 aliphatic rings. The summed E-state index contributed by atoms with van der Waals surface area (Å²) in [5.41, 5.74) is 7.37. The zero-order valence-corrected chi connectivity index (χ0v) is 11.9. The molecule has 2 N–H and O–H groups in total. The predicted molar refractivity (Wildman–Crippen MR) is 74.3 cm³/mol. The van der Waals surface area contributed by atoms with Gasteiger partial charge in [-0.3, -0.25) is 9.58 Å². The van der Waals surface area contributed by atoms with E-state index in [0.29, 0.717) is 11.5 Å². The van der Waals surface area contributed by atoms with Gasteiger partial charge in [0, 0.05) is 18.8 Å². The van der Waals surface area contributed by atoms with Crippen molar-refractivity contribution in [3.8, 4) is 0 Å². The molecule has 0 aliphatic carbocycles. The molecule has 0 spiro atoms. The molecule has 2 heterocycles. The molecule has 1 fully saturated rings. The Balaban J connectivity index is 1.87. The van der Waals surface area contributed by atoms with Crippen molar-refractivity contribution >= 4 is 0 Å². The van der Waals surface area contributed by atoms with Crippen molar-refractivity contribution < 1.29 is 0 Å². The summed E-state index contributed by atoms with van der Waals surface area (Å²) >= 11 is 0. The minimum absolute atomic E-state index is 0.355. The van der Waals surface area contributed by atoms with Crippen LogP contribution in [0.5, 0.6) is 0 Å². The maximum absolute atomic E-state index is 5.84. The fourth-order valence-electron chi connectivity index (χ4n) is 2.43. The number of hydrogen-bond donors (Lipinski definition) is 1. The number of aromatic nitrogens is 2. The summed E-state index contributed by atoms with van der Waals surface area (Å²) in [5.74, 6) is 0. The summed E-state index contributed by atoms with van der Waals surface area (Å²) in [6.07, 6.45) is 4.48. The molecule has 1 aromatic rings. The summed E-state index contributed by atoms with van der Waals surface area (Å²) in [5, 5.41) is 4.61. The van der Waals surface area contributed by atoms with Gasteiger partial charge in [-0.05, 0) is 57.8 Å². The lowest BCUT2D eigenvalue weighted by Crippen LogP contribution is -2.41. The Hall–Kier alpha value is -0.870. The molecule has 4 heteroatoms. The molecule has 4 nitrogen and oxygen atoms in total. The van der Waals surface area contributed by atoms with E-state index in [2.05, 4.69) is 43.0 Å². The van der Waals surface area contributed by atoms with Crippen LogP contribution in [0.2, 0.25) is 0 Å². The van der Waals surface area contributed by atoms with Gasteiger partial charge in [0.05, 0.1) is 5.69 Å². The van der Waals surface area contributed by atoms with Crippen molar-refractivity contribution in [2.24, 2.45) is 11.1 Å². The lowest BCUT2D eigenvalue weighted by molar-refractivity contribution is 0.118. The Bertz CT molecular complexity index is 375. The summed E-state index contributed by atoms with van der Waals surface area (Å²) in [4.78, 5) is 2.49. The van der Waals surface area contributed by atoms with Crippen LogP contribution in [0.3, 0.4) is 0 Å². The van der Waals surface area contributed by atoms with Gasteiger partial charge in [0.2, 0.25) is 0 Å². The summed E-state index contributed by atoms with van der Waals surface area (Å²) in [6.45, 7) is 10.7. The Labute approximate surface area is 110 Å². The van der Waals surface area contributed by atoms with Crippen LogP contribution in [0.1, 0.15) is 45.3 Å². The maximum atomic E-state index is 5.84. The van der Waals surface area contributed by atoms with E-state index in [1.807, 2.05) is 4.68 Å². The third-order valence-electron chi connectivity index (χ3n) is 4.13. The molecular weight excluding hydrogens is 224 g/mol. The monoisotopic (exact) mass is 250 g/mol. The zero-order chi connectivity index (χ0) is 13.2. The van der Waals surface area contributed by atoms with E-state index in [1.54, 1.807) is 0 Å². The SMILES string of the molecule is CC(C)n1ccc(CN2CCC(C)(CN)CC2)n1. The second kappa shape index (κ2) is 5.41.